The molecule has 0 aromatic heterocycles. The van der Waals surface area contributed by atoms with Gasteiger partial charge in [-0.1, -0.05) is 35.9 Å². The summed E-state index contributed by atoms with van der Waals surface area (Å²) in [5.74, 6) is 0. The van der Waals surface area contributed by atoms with Crippen LogP contribution in [0.5, 0.6) is 0 Å². The summed E-state index contributed by atoms with van der Waals surface area (Å²) in [6, 6.07) is 11.3. The number of amides is 2. The van der Waals surface area contributed by atoms with Gasteiger partial charge in [0.2, 0.25) is 0 Å². The Morgan fingerprint density at radius 1 is 1.15 bits per heavy atom. The molecule has 0 bridgehead atoms. The fourth-order valence-electron chi connectivity index (χ4n) is 2.68. The van der Waals surface area contributed by atoms with Gasteiger partial charge in [0, 0.05) is 6.54 Å². The van der Waals surface area contributed by atoms with E-state index in [2.05, 4.69) is 5.32 Å². The van der Waals surface area contributed by atoms with Crippen LogP contribution in [0.4, 0.5) is 23.7 Å². The van der Waals surface area contributed by atoms with E-state index in [1.54, 1.807) is 29.2 Å². The standard InChI is InChI=1S/C18H16ClF3N2O2/c19-14-3-1-2-4-15(14)23-17(25)24-9-10-26-16(11-24)12-5-7-13(8-6-12)18(20,21)22/h1-8,16H,9-11H2,(H,23,25). The summed E-state index contributed by atoms with van der Waals surface area (Å²) in [5, 5.41) is 3.16. The Labute approximate surface area is 153 Å². The lowest BCUT2D eigenvalue weighted by Gasteiger charge is -2.33. The number of benzene rings is 2. The van der Waals surface area contributed by atoms with E-state index in [4.69, 9.17) is 16.3 Å². The number of para-hydroxylation sites is 1. The third-order valence-corrected chi connectivity index (χ3v) is 4.41. The van der Waals surface area contributed by atoms with Gasteiger partial charge in [-0.15, -0.1) is 0 Å². The van der Waals surface area contributed by atoms with Crippen molar-refractivity contribution in [1.29, 1.82) is 0 Å². The Hall–Kier alpha value is -2.25. The molecule has 1 aliphatic rings. The number of nitrogens with one attached hydrogen (secondary N) is 1. The molecule has 2 aromatic rings. The van der Waals surface area contributed by atoms with E-state index in [9.17, 15) is 18.0 Å². The number of halogens is 4. The van der Waals surface area contributed by atoms with Crippen molar-refractivity contribution >= 4 is 23.3 Å². The van der Waals surface area contributed by atoms with E-state index >= 15 is 0 Å². The number of anilines is 1. The molecule has 2 aromatic carbocycles. The Kier molecular flexibility index (Phi) is 5.38. The van der Waals surface area contributed by atoms with E-state index in [0.29, 0.717) is 29.4 Å². The lowest BCUT2D eigenvalue weighted by Crippen LogP contribution is -2.44. The number of carbonyl (C=O) groups is 1. The smallest absolute Gasteiger partial charge is 0.370 e. The number of rotatable bonds is 2. The first-order valence-corrected chi connectivity index (χ1v) is 8.31. The maximum Gasteiger partial charge on any atom is 0.416 e. The highest BCUT2D eigenvalue weighted by Gasteiger charge is 2.31. The monoisotopic (exact) mass is 384 g/mol. The summed E-state index contributed by atoms with van der Waals surface area (Å²) in [5.41, 5.74) is 0.371. The van der Waals surface area contributed by atoms with Gasteiger partial charge in [-0.05, 0) is 29.8 Å². The highest BCUT2D eigenvalue weighted by molar-refractivity contribution is 6.33. The highest BCUT2D eigenvalue weighted by atomic mass is 35.5. The topological polar surface area (TPSA) is 41.6 Å². The first-order chi connectivity index (χ1) is 12.3. The van der Waals surface area contributed by atoms with Crippen molar-refractivity contribution in [1.82, 2.24) is 4.90 Å². The number of alkyl halides is 3. The summed E-state index contributed by atoms with van der Waals surface area (Å²) < 4.78 is 43.6. The van der Waals surface area contributed by atoms with Crippen molar-refractivity contribution in [3.8, 4) is 0 Å². The number of morpholine rings is 1. The Bertz CT molecular complexity index is 781. The second-order valence-corrected chi connectivity index (χ2v) is 6.24. The number of urea groups is 1. The first kappa shape index (κ1) is 18.5. The van der Waals surface area contributed by atoms with Gasteiger partial charge in [0.25, 0.3) is 0 Å². The zero-order valence-corrected chi connectivity index (χ0v) is 14.3. The molecular weight excluding hydrogens is 369 g/mol. The average Bonchev–Trinajstić information content (AvgIpc) is 2.63. The maximum atomic E-state index is 12.7. The van der Waals surface area contributed by atoms with Crippen LogP contribution in [0.25, 0.3) is 0 Å². The highest BCUT2D eigenvalue weighted by Crippen LogP contribution is 2.31. The van der Waals surface area contributed by atoms with Gasteiger partial charge < -0.3 is 15.0 Å². The number of carbonyl (C=O) groups excluding carboxylic acids is 1. The lowest BCUT2D eigenvalue weighted by molar-refractivity contribution is -0.137. The molecule has 1 N–H and O–H groups in total. The van der Waals surface area contributed by atoms with Crippen LogP contribution in [0.1, 0.15) is 17.2 Å². The molecule has 4 nitrogen and oxygen atoms in total. The number of ether oxygens (including phenoxy) is 1. The SMILES string of the molecule is O=C(Nc1ccccc1Cl)N1CCOC(c2ccc(C(F)(F)F)cc2)C1. The molecule has 138 valence electrons. The average molecular weight is 385 g/mol. The van der Waals surface area contributed by atoms with Gasteiger partial charge in [-0.2, -0.15) is 13.2 Å². The lowest BCUT2D eigenvalue weighted by atomic mass is 10.1. The molecule has 1 heterocycles. The van der Waals surface area contributed by atoms with Crippen LogP contribution in [0.2, 0.25) is 5.02 Å². The van der Waals surface area contributed by atoms with Gasteiger partial charge >= 0.3 is 12.2 Å². The molecule has 8 heteroatoms. The fraction of sp³-hybridized carbons (Fsp3) is 0.278. The largest absolute Gasteiger partial charge is 0.416 e. The van der Waals surface area contributed by atoms with Crippen LogP contribution in [-0.2, 0) is 10.9 Å². The van der Waals surface area contributed by atoms with Gasteiger partial charge in [0.15, 0.2) is 0 Å². The summed E-state index contributed by atoms with van der Waals surface area (Å²) >= 11 is 6.03. The number of nitrogens with zero attached hydrogens (tertiary/aromatic N) is 1. The van der Waals surface area contributed by atoms with Crippen LogP contribution in [-0.4, -0.2) is 30.6 Å². The van der Waals surface area contributed by atoms with Gasteiger partial charge in [-0.25, -0.2) is 4.79 Å². The van der Waals surface area contributed by atoms with Crippen LogP contribution in [0, 0.1) is 0 Å². The van der Waals surface area contributed by atoms with Crippen molar-refractivity contribution in [3.63, 3.8) is 0 Å². The molecule has 1 unspecified atom stereocenters. The summed E-state index contributed by atoms with van der Waals surface area (Å²) in [7, 11) is 0. The number of hydrogen-bond acceptors (Lipinski definition) is 2. The minimum Gasteiger partial charge on any atom is -0.370 e. The molecule has 0 saturated carbocycles. The van der Waals surface area contributed by atoms with E-state index in [1.165, 1.54) is 12.1 Å². The van der Waals surface area contributed by atoms with Crippen molar-refractivity contribution in [2.45, 2.75) is 12.3 Å². The van der Waals surface area contributed by atoms with Crippen molar-refractivity contribution in [2.24, 2.45) is 0 Å². The predicted octanol–water partition coefficient (Wildman–Crippen LogP) is 4.96. The summed E-state index contributed by atoms with van der Waals surface area (Å²) in [6.45, 7) is 0.913. The molecule has 0 spiro atoms. The maximum absolute atomic E-state index is 12.7. The Morgan fingerprint density at radius 3 is 2.50 bits per heavy atom. The first-order valence-electron chi connectivity index (χ1n) is 7.94. The minimum atomic E-state index is -4.38. The molecule has 26 heavy (non-hydrogen) atoms. The molecule has 1 atom stereocenters. The Balaban J connectivity index is 1.67. The second kappa shape index (κ2) is 7.55. The Morgan fingerprint density at radius 2 is 1.85 bits per heavy atom. The van der Waals surface area contributed by atoms with E-state index in [0.717, 1.165) is 12.1 Å². The molecule has 1 fully saturated rings. The van der Waals surface area contributed by atoms with Crippen LogP contribution in [0.15, 0.2) is 48.5 Å². The van der Waals surface area contributed by atoms with E-state index < -0.39 is 17.8 Å². The zero-order valence-electron chi connectivity index (χ0n) is 13.6. The van der Waals surface area contributed by atoms with Gasteiger partial charge in [0.1, 0.15) is 6.10 Å². The quantitative estimate of drug-likeness (QED) is 0.794. The van der Waals surface area contributed by atoms with E-state index in [1.807, 2.05) is 0 Å². The fourth-order valence-corrected chi connectivity index (χ4v) is 2.86. The predicted molar refractivity (Wildman–Crippen MR) is 92.2 cm³/mol. The van der Waals surface area contributed by atoms with Crippen LogP contribution < -0.4 is 5.32 Å². The normalized spacial score (nSPS) is 17.8. The molecule has 0 aliphatic carbocycles. The molecule has 3 rings (SSSR count). The molecule has 0 radical (unpaired) electrons. The molecule has 1 saturated heterocycles. The van der Waals surface area contributed by atoms with Crippen molar-refractivity contribution < 1.29 is 22.7 Å². The van der Waals surface area contributed by atoms with Crippen LogP contribution in [0.3, 0.4) is 0 Å². The molecular formula is C18H16ClF3N2O2. The van der Waals surface area contributed by atoms with E-state index in [-0.39, 0.29) is 12.6 Å². The third-order valence-electron chi connectivity index (χ3n) is 4.08. The second-order valence-electron chi connectivity index (χ2n) is 5.84. The number of hydrogen-bond donors (Lipinski definition) is 1. The summed E-state index contributed by atoms with van der Waals surface area (Å²) in [4.78, 5) is 14.0. The van der Waals surface area contributed by atoms with Gasteiger partial charge in [0.05, 0.1) is 29.4 Å². The summed E-state index contributed by atoms with van der Waals surface area (Å²) in [6.07, 6.45) is -4.87. The minimum absolute atomic E-state index is 0.238. The van der Waals surface area contributed by atoms with Crippen molar-refractivity contribution in [2.75, 3.05) is 25.0 Å². The molecule has 2 amide bonds. The third kappa shape index (κ3) is 4.28. The van der Waals surface area contributed by atoms with Crippen molar-refractivity contribution in [3.05, 3.63) is 64.7 Å². The van der Waals surface area contributed by atoms with Gasteiger partial charge in [-0.3, -0.25) is 0 Å². The zero-order chi connectivity index (χ0) is 18.7. The van der Waals surface area contributed by atoms with Crippen LogP contribution >= 0.6 is 11.6 Å². The molecule has 1 aliphatic heterocycles.